The first-order chi connectivity index (χ1) is 6.99. The minimum Gasteiger partial charge on any atom is -0.393 e. The van der Waals surface area contributed by atoms with E-state index >= 15 is 0 Å². The monoisotopic (exact) mass is 211 g/mol. The second kappa shape index (κ2) is 4.55. The van der Waals surface area contributed by atoms with E-state index in [0.717, 1.165) is 25.1 Å². The summed E-state index contributed by atoms with van der Waals surface area (Å²) >= 11 is 0. The molecule has 4 nitrogen and oxygen atoms in total. The number of nitrogens with zero attached hydrogens (tertiary/aromatic N) is 2. The molecule has 0 amide bonds. The summed E-state index contributed by atoms with van der Waals surface area (Å²) in [7, 11) is 1.90. The van der Waals surface area contributed by atoms with Gasteiger partial charge in [-0.05, 0) is 18.8 Å². The highest BCUT2D eigenvalue weighted by Gasteiger charge is 2.13. The van der Waals surface area contributed by atoms with Crippen LogP contribution >= 0.6 is 0 Å². The van der Waals surface area contributed by atoms with E-state index in [1.807, 2.05) is 18.7 Å². The second-order valence-electron chi connectivity index (χ2n) is 4.35. The molecule has 4 heteroatoms. The van der Waals surface area contributed by atoms with Gasteiger partial charge in [-0.1, -0.05) is 20.8 Å². The van der Waals surface area contributed by atoms with E-state index in [0.29, 0.717) is 11.6 Å². The van der Waals surface area contributed by atoms with Crippen LogP contribution in [0.25, 0.3) is 0 Å². The van der Waals surface area contributed by atoms with Crippen LogP contribution in [-0.2, 0) is 20.0 Å². The Morgan fingerprint density at radius 1 is 1.40 bits per heavy atom. The molecule has 1 aromatic rings. The van der Waals surface area contributed by atoms with Crippen molar-refractivity contribution in [2.45, 2.75) is 40.2 Å². The summed E-state index contributed by atoms with van der Waals surface area (Å²) < 4.78 is 3.62. The van der Waals surface area contributed by atoms with E-state index in [1.54, 1.807) is 4.68 Å². The molecule has 15 heavy (non-hydrogen) atoms. The highest BCUT2D eigenvalue weighted by molar-refractivity contribution is 5.41. The van der Waals surface area contributed by atoms with Gasteiger partial charge in [-0.2, -0.15) is 0 Å². The molecule has 0 bridgehead atoms. The van der Waals surface area contributed by atoms with Gasteiger partial charge < -0.3 is 5.73 Å². The standard InChI is InChI=1S/C11H21N3O/c1-5-9-10(12)11(15)14(13(9)4)7-6-8(2)3/h8H,5-7,12H2,1-4H3. The van der Waals surface area contributed by atoms with Gasteiger partial charge in [-0.25, -0.2) is 4.68 Å². The smallest absolute Gasteiger partial charge is 0.290 e. The van der Waals surface area contributed by atoms with Crippen LogP contribution in [0.15, 0.2) is 4.79 Å². The lowest BCUT2D eigenvalue weighted by molar-refractivity contribution is 0.424. The summed E-state index contributed by atoms with van der Waals surface area (Å²) in [5, 5.41) is 0. The quantitative estimate of drug-likeness (QED) is 0.818. The van der Waals surface area contributed by atoms with Crippen LogP contribution in [0.3, 0.4) is 0 Å². The molecular weight excluding hydrogens is 190 g/mol. The molecule has 0 fully saturated rings. The highest BCUT2D eigenvalue weighted by atomic mass is 16.1. The third kappa shape index (κ3) is 2.25. The van der Waals surface area contributed by atoms with Crippen molar-refractivity contribution >= 4 is 5.69 Å². The molecule has 0 saturated carbocycles. The first kappa shape index (κ1) is 11.9. The van der Waals surface area contributed by atoms with E-state index in [4.69, 9.17) is 5.73 Å². The van der Waals surface area contributed by atoms with Crippen LogP contribution < -0.4 is 11.3 Å². The SMILES string of the molecule is CCc1c(N)c(=O)n(CCC(C)C)n1C. The Kier molecular flexibility index (Phi) is 3.61. The maximum atomic E-state index is 11.8. The van der Waals surface area contributed by atoms with Crippen molar-refractivity contribution < 1.29 is 0 Å². The summed E-state index contributed by atoms with van der Waals surface area (Å²) in [5.74, 6) is 0.595. The first-order valence-corrected chi connectivity index (χ1v) is 5.53. The average Bonchev–Trinajstić information content (AvgIpc) is 2.36. The maximum absolute atomic E-state index is 11.8. The van der Waals surface area contributed by atoms with Gasteiger partial charge in [-0.15, -0.1) is 0 Å². The molecule has 1 aromatic heterocycles. The molecule has 0 atom stereocenters. The van der Waals surface area contributed by atoms with Gasteiger partial charge >= 0.3 is 0 Å². The van der Waals surface area contributed by atoms with Gasteiger partial charge in [-0.3, -0.25) is 9.48 Å². The molecule has 86 valence electrons. The Bertz CT molecular complexity index is 387. The molecule has 0 aliphatic heterocycles. The Hall–Kier alpha value is -1.19. The van der Waals surface area contributed by atoms with Crippen molar-refractivity contribution in [3.05, 3.63) is 16.0 Å². The average molecular weight is 211 g/mol. The van der Waals surface area contributed by atoms with Crippen LogP contribution in [0.5, 0.6) is 0 Å². The fourth-order valence-corrected chi connectivity index (χ4v) is 1.77. The highest BCUT2D eigenvalue weighted by Crippen LogP contribution is 2.09. The number of nitrogen functional groups attached to an aromatic ring is 1. The Labute approximate surface area is 90.7 Å². The lowest BCUT2D eigenvalue weighted by atomic mass is 10.1. The summed E-state index contributed by atoms with van der Waals surface area (Å²) in [4.78, 5) is 11.8. The Morgan fingerprint density at radius 2 is 2.00 bits per heavy atom. The molecule has 0 aliphatic carbocycles. The van der Waals surface area contributed by atoms with Crippen molar-refractivity contribution in [1.82, 2.24) is 9.36 Å². The van der Waals surface area contributed by atoms with E-state index in [2.05, 4.69) is 13.8 Å². The lowest BCUT2D eigenvalue weighted by Gasteiger charge is -2.10. The second-order valence-corrected chi connectivity index (χ2v) is 4.35. The van der Waals surface area contributed by atoms with Gasteiger partial charge in [0.2, 0.25) is 0 Å². The van der Waals surface area contributed by atoms with E-state index in [-0.39, 0.29) is 5.56 Å². The normalized spacial score (nSPS) is 11.3. The summed E-state index contributed by atoms with van der Waals surface area (Å²) in [6, 6.07) is 0. The molecular formula is C11H21N3O. The number of rotatable bonds is 4. The molecule has 2 N–H and O–H groups in total. The Morgan fingerprint density at radius 3 is 2.40 bits per heavy atom. The number of hydrogen-bond acceptors (Lipinski definition) is 2. The third-order valence-electron chi connectivity index (χ3n) is 2.78. The minimum absolute atomic E-state index is 0.0463. The van der Waals surface area contributed by atoms with Crippen LogP contribution in [0, 0.1) is 5.92 Å². The number of nitrogens with two attached hydrogens (primary N) is 1. The van der Waals surface area contributed by atoms with Crippen molar-refractivity contribution in [3.8, 4) is 0 Å². The molecule has 0 radical (unpaired) electrons. The van der Waals surface area contributed by atoms with Crippen molar-refractivity contribution in [1.29, 1.82) is 0 Å². The van der Waals surface area contributed by atoms with E-state index in [1.165, 1.54) is 0 Å². The third-order valence-corrected chi connectivity index (χ3v) is 2.78. The van der Waals surface area contributed by atoms with Crippen molar-refractivity contribution in [3.63, 3.8) is 0 Å². The maximum Gasteiger partial charge on any atom is 0.290 e. The largest absolute Gasteiger partial charge is 0.393 e. The molecule has 1 rings (SSSR count). The fourth-order valence-electron chi connectivity index (χ4n) is 1.77. The van der Waals surface area contributed by atoms with Crippen LogP contribution in [0.4, 0.5) is 5.69 Å². The topological polar surface area (TPSA) is 53.0 Å². The molecule has 0 saturated heterocycles. The summed E-state index contributed by atoms with van der Waals surface area (Å²) in [6.07, 6.45) is 1.80. The van der Waals surface area contributed by atoms with Crippen LogP contribution in [0.2, 0.25) is 0 Å². The van der Waals surface area contributed by atoms with Gasteiger partial charge in [0.15, 0.2) is 0 Å². The zero-order valence-electron chi connectivity index (χ0n) is 10.1. The lowest BCUT2D eigenvalue weighted by Crippen LogP contribution is -2.23. The Balaban J connectivity index is 3.03. The molecule has 1 heterocycles. The zero-order valence-corrected chi connectivity index (χ0v) is 10.1. The van der Waals surface area contributed by atoms with Crippen molar-refractivity contribution in [2.24, 2.45) is 13.0 Å². The van der Waals surface area contributed by atoms with Crippen LogP contribution in [-0.4, -0.2) is 9.36 Å². The van der Waals surface area contributed by atoms with E-state index < -0.39 is 0 Å². The molecule has 0 aliphatic rings. The fraction of sp³-hybridized carbons (Fsp3) is 0.727. The molecule has 0 spiro atoms. The first-order valence-electron chi connectivity index (χ1n) is 5.53. The zero-order chi connectivity index (χ0) is 11.6. The van der Waals surface area contributed by atoms with Gasteiger partial charge in [0, 0.05) is 13.6 Å². The van der Waals surface area contributed by atoms with E-state index in [9.17, 15) is 4.79 Å². The number of hydrogen-bond donors (Lipinski definition) is 1. The summed E-state index contributed by atoms with van der Waals surface area (Å²) in [5.41, 5.74) is 7.06. The number of aromatic nitrogens is 2. The van der Waals surface area contributed by atoms with Gasteiger partial charge in [0.05, 0.1) is 5.69 Å². The minimum atomic E-state index is -0.0463. The summed E-state index contributed by atoms with van der Waals surface area (Å²) in [6.45, 7) is 7.06. The predicted molar refractivity (Wildman–Crippen MR) is 62.9 cm³/mol. The number of anilines is 1. The predicted octanol–water partition coefficient (Wildman–Crippen LogP) is 1.38. The van der Waals surface area contributed by atoms with Crippen LogP contribution in [0.1, 0.15) is 32.9 Å². The molecule has 0 unspecified atom stereocenters. The van der Waals surface area contributed by atoms with Crippen molar-refractivity contribution in [2.75, 3.05) is 5.73 Å². The molecule has 0 aromatic carbocycles. The van der Waals surface area contributed by atoms with Gasteiger partial charge in [0.25, 0.3) is 5.56 Å². The van der Waals surface area contributed by atoms with Gasteiger partial charge in [0.1, 0.15) is 5.69 Å².